The van der Waals surface area contributed by atoms with E-state index in [-0.39, 0.29) is 12.3 Å². The highest BCUT2D eigenvalue weighted by Gasteiger charge is 2.24. The fourth-order valence-corrected chi connectivity index (χ4v) is 4.41. The van der Waals surface area contributed by atoms with E-state index in [1.165, 1.54) is 0 Å². The summed E-state index contributed by atoms with van der Waals surface area (Å²) >= 11 is 0. The molecule has 5 aromatic rings. The van der Waals surface area contributed by atoms with Gasteiger partial charge in [0, 0.05) is 43.5 Å². The summed E-state index contributed by atoms with van der Waals surface area (Å²) < 4.78 is 9.60. The van der Waals surface area contributed by atoms with Crippen molar-refractivity contribution in [3.63, 3.8) is 0 Å². The molecule has 1 amide bonds. The van der Waals surface area contributed by atoms with Crippen LogP contribution in [0.4, 0.5) is 0 Å². The zero-order valence-corrected chi connectivity index (χ0v) is 19.8. The van der Waals surface area contributed by atoms with Crippen molar-refractivity contribution in [2.45, 2.75) is 18.9 Å². The predicted octanol–water partition coefficient (Wildman–Crippen LogP) is 4.61. The van der Waals surface area contributed by atoms with E-state index in [0.717, 1.165) is 33.9 Å². The van der Waals surface area contributed by atoms with Crippen molar-refractivity contribution in [1.29, 1.82) is 0 Å². The Balaban J connectivity index is 1.42. The van der Waals surface area contributed by atoms with Gasteiger partial charge in [0.15, 0.2) is 0 Å². The number of carbonyl (C=O) groups is 1. The van der Waals surface area contributed by atoms with Crippen LogP contribution in [0.15, 0.2) is 91.3 Å². The average Bonchev–Trinajstić information content (AvgIpc) is 3.49. The van der Waals surface area contributed by atoms with Crippen molar-refractivity contribution in [2.24, 2.45) is 7.05 Å². The lowest BCUT2D eigenvalue weighted by atomic mass is 10.0. The molecule has 35 heavy (non-hydrogen) atoms. The number of rotatable bonds is 8. The lowest BCUT2D eigenvalue weighted by molar-refractivity contribution is -0.121. The van der Waals surface area contributed by atoms with Gasteiger partial charge in [-0.05, 0) is 30.3 Å². The average molecular weight is 466 g/mol. The Bertz CT molecular complexity index is 1450. The molecule has 1 atom stereocenters. The number of hydrogen-bond acceptors (Lipinski definition) is 4. The molecule has 0 aliphatic rings. The maximum Gasteiger partial charge on any atom is 0.221 e. The van der Waals surface area contributed by atoms with Crippen LogP contribution in [0.1, 0.15) is 29.7 Å². The number of amides is 1. The normalized spacial score (nSPS) is 11.9. The lowest BCUT2D eigenvalue weighted by Crippen LogP contribution is -2.31. The van der Waals surface area contributed by atoms with Gasteiger partial charge in [0.05, 0.1) is 18.1 Å². The number of ether oxygens (including phenoxy) is 1. The molecular weight excluding hydrogens is 438 g/mol. The van der Waals surface area contributed by atoms with Crippen molar-refractivity contribution in [3.8, 4) is 11.4 Å². The quantitative estimate of drug-likeness (QED) is 0.363. The molecule has 1 N–H and O–H groups in total. The van der Waals surface area contributed by atoms with Crippen LogP contribution >= 0.6 is 0 Å². The molecule has 2 aromatic heterocycles. The first-order chi connectivity index (χ1) is 17.2. The van der Waals surface area contributed by atoms with E-state index < -0.39 is 6.04 Å². The second-order valence-electron chi connectivity index (χ2n) is 8.33. The van der Waals surface area contributed by atoms with Crippen molar-refractivity contribution in [3.05, 3.63) is 108 Å². The van der Waals surface area contributed by atoms with E-state index in [4.69, 9.17) is 9.72 Å². The molecule has 3 aromatic carbocycles. The van der Waals surface area contributed by atoms with Crippen molar-refractivity contribution in [2.75, 3.05) is 7.11 Å². The number of carbonyl (C=O) groups excluding carboxylic acids is 1. The van der Waals surface area contributed by atoms with Gasteiger partial charge in [0.25, 0.3) is 0 Å². The number of imidazole rings is 2. The summed E-state index contributed by atoms with van der Waals surface area (Å²) in [5, 5.41) is 3.18. The summed E-state index contributed by atoms with van der Waals surface area (Å²) in [7, 11) is 3.54. The topological polar surface area (TPSA) is 74.0 Å². The minimum Gasteiger partial charge on any atom is -0.496 e. The Morgan fingerprint density at radius 3 is 2.51 bits per heavy atom. The van der Waals surface area contributed by atoms with Crippen LogP contribution in [0, 0.1) is 0 Å². The number of para-hydroxylation sites is 4. The minimum absolute atomic E-state index is 0.0874. The zero-order valence-electron chi connectivity index (χ0n) is 19.8. The first-order valence-corrected chi connectivity index (χ1v) is 11.6. The van der Waals surface area contributed by atoms with E-state index in [2.05, 4.69) is 33.1 Å². The monoisotopic (exact) mass is 465 g/mol. The number of nitrogens with one attached hydrogen (secondary N) is 1. The van der Waals surface area contributed by atoms with Gasteiger partial charge >= 0.3 is 0 Å². The zero-order chi connectivity index (χ0) is 24.2. The molecule has 0 fully saturated rings. The highest BCUT2D eigenvalue weighted by atomic mass is 16.5. The van der Waals surface area contributed by atoms with E-state index >= 15 is 0 Å². The van der Waals surface area contributed by atoms with E-state index in [1.54, 1.807) is 13.3 Å². The summed E-state index contributed by atoms with van der Waals surface area (Å²) in [6, 6.07) is 25.4. The number of fused-ring (bicyclic) bond motifs is 1. The highest BCUT2D eigenvalue weighted by molar-refractivity contribution is 5.79. The molecule has 0 aliphatic heterocycles. The standard InChI is InChI=1S/C28H27N5O2/c1-32-19-18-29-28(32)27(21-12-6-9-15-24(21)35-2)31-26(34)17-16-25-30-22-13-7-8-14-23(22)33(25)20-10-4-3-5-11-20/h3-15,18-19,27H,16-17H2,1-2H3,(H,31,34). The predicted molar refractivity (Wildman–Crippen MR) is 136 cm³/mol. The van der Waals surface area contributed by atoms with Crippen LogP contribution in [0.5, 0.6) is 5.75 Å². The van der Waals surface area contributed by atoms with Crippen LogP contribution in [0.2, 0.25) is 0 Å². The molecule has 5 rings (SSSR count). The van der Waals surface area contributed by atoms with Crippen molar-refractivity contribution < 1.29 is 9.53 Å². The second-order valence-corrected chi connectivity index (χ2v) is 8.33. The third kappa shape index (κ3) is 4.53. The number of hydrogen-bond donors (Lipinski definition) is 1. The van der Waals surface area contributed by atoms with Crippen LogP contribution < -0.4 is 10.1 Å². The summed E-state index contributed by atoms with van der Waals surface area (Å²) in [6.45, 7) is 0. The molecule has 0 bridgehead atoms. The molecular formula is C28H27N5O2. The van der Waals surface area contributed by atoms with Gasteiger partial charge in [0.2, 0.25) is 5.91 Å². The SMILES string of the molecule is COc1ccccc1C(NC(=O)CCc1nc2ccccc2n1-c1ccccc1)c1nccn1C. The molecule has 7 heteroatoms. The first kappa shape index (κ1) is 22.4. The van der Waals surface area contributed by atoms with Gasteiger partial charge in [-0.3, -0.25) is 9.36 Å². The molecule has 0 saturated carbocycles. The lowest BCUT2D eigenvalue weighted by Gasteiger charge is -2.21. The van der Waals surface area contributed by atoms with Gasteiger partial charge < -0.3 is 14.6 Å². The molecule has 0 aliphatic carbocycles. The van der Waals surface area contributed by atoms with Crippen molar-refractivity contribution in [1.82, 2.24) is 24.4 Å². The van der Waals surface area contributed by atoms with Crippen LogP contribution in [-0.4, -0.2) is 32.1 Å². The van der Waals surface area contributed by atoms with Gasteiger partial charge in [0.1, 0.15) is 23.4 Å². The minimum atomic E-state index is -0.438. The second kappa shape index (κ2) is 9.85. The maximum absolute atomic E-state index is 13.2. The summed E-state index contributed by atoms with van der Waals surface area (Å²) in [4.78, 5) is 22.6. The third-order valence-electron chi connectivity index (χ3n) is 6.09. The van der Waals surface area contributed by atoms with Gasteiger partial charge in [-0.25, -0.2) is 9.97 Å². The van der Waals surface area contributed by atoms with E-state index in [0.29, 0.717) is 12.2 Å². The number of methoxy groups -OCH3 is 1. The number of nitrogens with zero attached hydrogens (tertiary/aromatic N) is 4. The van der Waals surface area contributed by atoms with Gasteiger partial charge in [-0.15, -0.1) is 0 Å². The van der Waals surface area contributed by atoms with Crippen molar-refractivity contribution >= 4 is 16.9 Å². The van der Waals surface area contributed by atoms with Crippen LogP contribution in [0.25, 0.3) is 16.7 Å². The maximum atomic E-state index is 13.2. The Hall–Kier alpha value is -4.39. The van der Waals surface area contributed by atoms with Gasteiger partial charge in [-0.2, -0.15) is 0 Å². The van der Waals surface area contributed by atoms with E-state index in [9.17, 15) is 4.79 Å². The molecule has 0 radical (unpaired) electrons. The number of aromatic nitrogens is 4. The Morgan fingerprint density at radius 1 is 1.00 bits per heavy atom. The molecule has 7 nitrogen and oxygen atoms in total. The molecule has 176 valence electrons. The molecule has 1 unspecified atom stereocenters. The van der Waals surface area contributed by atoms with Gasteiger partial charge in [-0.1, -0.05) is 48.5 Å². The number of aryl methyl sites for hydroxylation is 2. The smallest absolute Gasteiger partial charge is 0.221 e. The first-order valence-electron chi connectivity index (χ1n) is 11.6. The Morgan fingerprint density at radius 2 is 1.74 bits per heavy atom. The molecule has 0 spiro atoms. The van der Waals surface area contributed by atoms with Crippen LogP contribution in [-0.2, 0) is 18.3 Å². The Kier molecular flexibility index (Phi) is 6.30. The Labute approximate surface area is 204 Å². The number of benzene rings is 3. The summed E-state index contributed by atoms with van der Waals surface area (Å²) in [5.74, 6) is 2.19. The van der Waals surface area contributed by atoms with E-state index in [1.807, 2.05) is 78.5 Å². The fraction of sp³-hybridized carbons (Fsp3) is 0.179. The fourth-order valence-electron chi connectivity index (χ4n) is 4.41. The highest BCUT2D eigenvalue weighted by Crippen LogP contribution is 2.29. The largest absolute Gasteiger partial charge is 0.496 e. The summed E-state index contributed by atoms with van der Waals surface area (Å²) in [6.07, 6.45) is 4.37. The summed E-state index contributed by atoms with van der Waals surface area (Å²) in [5.41, 5.74) is 3.81. The van der Waals surface area contributed by atoms with Crippen LogP contribution in [0.3, 0.4) is 0 Å². The molecule has 0 saturated heterocycles. The third-order valence-corrected chi connectivity index (χ3v) is 6.09. The molecule has 2 heterocycles.